The van der Waals surface area contributed by atoms with Gasteiger partial charge in [0.15, 0.2) is 0 Å². The van der Waals surface area contributed by atoms with Crippen molar-refractivity contribution in [1.82, 2.24) is 4.72 Å². The molecular formula is C16H20N2O5S2. The first-order chi connectivity index (χ1) is 11.7. The lowest BCUT2D eigenvalue weighted by atomic mass is 10.2. The minimum atomic E-state index is -3.73. The fraction of sp³-hybridized carbons (Fsp3) is 0.250. The number of primary sulfonamides is 1. The first-order valence-corrected chi connectivity index (χ1v) is 10.6. The molecule has 0 aliphatic heterocycles. The lowest BCUT2D eigenvalue weighted by Gasteiger charge is -2.08. The Morgan fingerprint density at radius 1 is 0.920 bits per heavy atom. The Bertz CT molecular complexity index is 906. The molecule has 0 spiro atoms. The molecular weight excluding hydrogens is 364 g/mol. The van der Waals surface area contributed by atoms with Gasteiger partial charge in [0, 0.05) is 6.54 Å². The molecule has 0 atom stereocenters. The Morgan fingerprint density at radius 3 is 2.00 bits per heavy atom. The van der Waals surface area contributed by atoms with Crippen LogP contribution in [0.25, 0.3) is 0 Å². The lowest BCUT2D eigenvalue weighted by Crippen LogP contribution is -2.26. The maximum atomic E-state index is 12.2. The summed E-state index contributed by atoms with van der Waals surface area (Å²) in [5, 5.41) is 5.03. The maximum absolute atomic E-state index is 12.2. The molecule has 2 aromatic carbocycles. The number of nitrogens with one attached hydrogen (secondary N) is 1. The van der Waals surface area contributed by atoms with Gasteiger partial charge in [0.25, 0.3) is 0 Å². The van der Waals surface area contributed by atoms with Crippen molar-refractivity contribution in [1.29, 1.82) is 0 Å². The van der Waals surface area contributed by atoms with Gasteiger partial charge < -0.3 is 4.74 Å². The van der Waals surface area contributed by atoms with E-state index in [0.717, 1.165) is 5.56 Å². The van der Waals surface area contributed by atoms with Crippen molar-refractivity contribution in [3.8, 4) is 5.75 Å². The van der Waals surface area contributed by atoms with Gasteiger partial charge in [-0.2, -0.15) is 0 Å². The van der Waals surface area contributed by atoms with Crippen LogP contribution >= 0.6 is 0 Å². The molecule has 0 aromatic heterocycles. The maximum Gasteiger partial charge on any atom is 0.240 e. The average molecular weight is 384 g/mol. The molecule has 0 aliphatic carbocycles. The highest BCUT2D eigenvalue weighted by atomic mass is 32.2. The molecule has 0 amide bonds. The van der Waals surface area contributed by atoms with Gasteiger partial charge in [-0.25, -0.2) is 26.7 Å². The fourth-order valence-corrected chi connectivity index (χ4v) is 3.69. The van der Waals surface area contributed by atoms with Crippen molar-refractivity contribution < 1.29 is 21.6 Å². The zero-order valence-electron chi connectivity index (χ0n) is 13.7. The predicted octanol–water partition coefficient (Wildman–Crippen LogP) is 1.25. The topological polar surface area (TPSA) is 116 Å². The van der Waals surface area contributed by atoms with Gasteiger partial charge in [0.1, 0.15) is 5.75 Å². The largest absolute Gasteiger partial charge is 0.494 e. The van der Waals surface area contributed by atoms with E-state index in [4.69, 9.17) is 9.88 Å². The highest BCUT2D eigenvalue weighted by molar-refractivity contribution is 7.89. The van der Waals surface area contributed by atoms with Crippen molar-refractivity contribution >= 4 is 20.0 Å². The minimum Gasteiger partial charge on any atom is -0.494 e. The predicted molar refractivity (Wildman–Crippen MR) is 94.3 cm³/mol. The standard InChI is InChI=1S/C16H20N2O5S2/c1-2-23-14-5-9-16(10-6-14)25(21,22)18-12-11-13-3-7-15(8-4-13)24(17,19)20/h3-10,18H,2,11-12H2,1H3,(H2,17,19,20). The van der Waals surface area contributed by atoms with Gasteiger partial charge in [0.2, 0.25) is 20.0 Å². The molecule has 0 saturated heterocycles. The van der Waals surface area contributed by atoms with Crippen molar-refractivity contribution in [2.24, 2.45) is 5.14 Å². The summed E-state index contributed by atoms with van der Waals surface area (Å²) in [6.45, 7) is 2.54. The minimum absolute atomic E-state index is 0.0196. The van der Waals surface area contributed by atoms with E-state index in [1.807, 2.05) is 6.92 Å². The van der Waals surface area contributed by atoms with E-state index in [1.165, 1.54) is 24.3 Å². The van der Waals surface area contributed by atoms with Crippen molar-refractivity contribution in [2.75, 3.05) is 13.2 Å². The molecule has 9 heteroatoms. The Labute approximate surface area is 147 Å². The van der Waals surface area contributed by atoms with E-state index in [1.54, 1.807) is 24.3 Å². The molecule has 0 bridgehead atoms. The first-order valence-electron chi connectivity index (χ1n) is 7.56. The lowest BCUT2D eigenvalue weighted by molar-refractivity contribution is 0.340. The number of hydrogen-bond donors (Lipinski definition) is 2. The summed E-state index contributed by atoms with van der Waals surface area (Å²) in [5.74, 6) is 0.608. The van der Waals surface area contributed by atoms with Crippen LogP contribution in [0.2, 0.25) is 0 Å². The highest BCUT2D eigenvalue weighted by Crippen LogP contribution is 2.16. The smallest absolute Gasteiger partial charge is 0.240 e. The van der Waals surface area contributed by atoms with E-state index in [-0.39, 0.29) is 16.3 Å². The number of benzene rings is 2. The molecule has 0 unspecified atom stereocenters. The third-order valence-electron chi connectivity index (χ3n) is 3.40. The quantitative estimate of drug-likeness (QED) is 0.711. The molecule has 3 N–H and O–H groups in total. The van der Waals surface area contributed by atoms with Gasteiger partial charge in [0.05, 0.1) is 16.4 Å². The Balaban J connectivity index is 1.95. The molecule has 0 fully saturated rings. The van der Waals surface area contributed by atoms with Crippen LogP contribution in [0.3, 0.4) is 0 Å². The van der Waals surface area contributed by atoms with Crippen LogP contribution in [0.5, 0.6) is 5.75 Å². The third-order valence-corrected chi connectivity index (χ3v) is 5.81. The highest BCUT2D eigenvalue weighted by Gasteiger charge is 2.13. The third kappa shape index (κ3) is 5.53. The van der Waals surface area contributed by atoms with E-state index >= 15 is 0 Å². The van der Waals surface area contributed by atoms with E-state index < -0.39 is 20.0 Å². The SMILES string of the molecule is CCOc1ccc(S(=O)(=O)NCCc2ccc(S(N)(=O)=O)cc2)cc1. The number of hydrogen-bond acceptors (Lipinski definition) is 5. The van der Waals surface area contributed by atoms with E-state index in [9.17, 15) is 16.8 Å². The summed E-state index contributed by atoms with van der Waals surface area (Å²) in [5.41, 5.74) is 0.793. The summed E-state index contributed by atoms with van der Waals surface area (Å²) in [6.07, 6.45) is 0.418. The van der Waals surface area contributed by atoms with Crippen LogP contribution in [0, 0.1) is 0 Å². The Morgan fingerprint density at radius 2 is 1.48 bits per heavy atom. The molecule has 0 aliphatic rings. The monoisotopic (exact) mass is 384 g/mol. The van der Waals surface area contributed by atoms with E-state index in [2.05, 4.69) is 4.72 Å². The van der Waals surface area contributed by atoms with Crippen LogP contribution in [0.4, 0.5) is 0 Å². The zero-order chi connectivity index (χ0) is 18.5. The molecule has 0 radical (unpaired) electrons. The summed E-state index contributed by atoms with van der Waals surface area (Å²) in [6, 6.07) is 12.2. The second-order valence-corrected chi connectivity index (χ2v) is 8.57. The van der Waals surface area contributed by atoms with Crippen molar-refractivity contribution in [3.05, 3.63) is 54.1 Å². The first kappa shape index (κ1) is 19.4. The van der Waals surface area contributed by atoms with Gasteiger partial charge in [-0.3, -0.25) is 0 Å². The molecule has 7 nitrogen and oxygen atoms in total. The molecule has 0 heterocycles. The Kier molecular flexibility index (Phi) is 6.17. The summed E-state index contributed by atoms with van der Waals surface area (Å²) in [7, 11) is -7.34. The van der Waals surface area contributed by atoms with Gasteiger partial charge in [-0.1, -0.05) is 12.1 Å². The summed E-state index contributed by atoms with van der Waals surface area (Å²) >= 11 is 0. The molecule has 0 saturated carbocycles. The van der Waals surface area contributed by atoms with E-state index in [0.29, 0.717) is 18.8 Å². The van der Waals surface area contributed by atoms with Crippen molar-refractivity contribution in [3.63, 3.8) is 0 Å². The van der Waals surface area contributed by atoms with Gasteiger partial charge in [-0.15, -0.1) is 0 Å². The number of nitrogens with two attached hydrogens (primary N) is 1. The second-order valence-electron chi connectivity index (χ2n) is 5.24. The summed E-state index contributed by atoms with van der Waals surface area (Å²) in [4.78, 5) is 0.173. The molecule has 136 valence electrons. The van der Waals surface area contributed by atoms with Crippen LogP contribution in [0.1, 0.15) is 12.5 Å². The number of sulfonamides is 2. The summed E-state index contributed by atoms with van der Waals surface area (Å²) < 4.78 is 54.6. The average Bonchev–Trinajstić information content (AvgIpc) is 2.55. The number of ether oxygens (including phenoxy) is 1. The second kappa shape index (κ2) is 7.96. The van der Waals surface area contributed by atoms with Crippen LogP contribution in [-0.2, 0) is 26.5 Å². The van der Waals surface area contributed by atoms with Gasteiger partial charge in [-0.05, 0) is 55.3 Å². The van der Waals surface area contributed by atoms with Gasteiger partial charge >= 0.3 is 0 Å². The van der Waals surface area contributed by atoms with Crippen LogP contribution < -0.4 is 14.6 Å². The molecule has 2 aromatic rings. The number of rotatable bonds is 8. The zero-order valence-corrected chi connectivity index (χ0v) is 15.3. The molecule has 2 rings (SSSR count). The fourth-order valence-electron chi connectivity index (χ4n) is 2.14. The van der Waals surface area contributed by atoms with Crippen LogP contribution in [0.15, 0.2) is 58.3 Å². The molecule has 25 heavy (non-hydrogen) atoms. The normalized spacial score (nSPS) is 12.1. The van der Waals surface area contributed by atoms with Crippen molar-refractivity contribution in [2.45, 2.75) is 23.1 Å². The Hall–Kier alpha value is -1.94. The van der Waals surface area contributed by atoms with Crippen LogP contribution in [-0.4, -0.2) is 30.0 Å².